The third kappa shape index (κ3) is 4.07. The van der Waals surface area contributed by atoms with Gasteiger partial charge in [-0.25, -0.2) is 4.79 Å². The van der Waals surface area contributed by atoms with Crippen molar-refractivity contribution in [2.75, 3.05) is 18.5 Å². The second-order valence-corrected chi connectivity index (χ2v) is 9.82. The van der Waals surface area contributed by atoms with E-state index in [-0.39, 0.29) is 18.1 Å². The fourth-order valence-electron chi connectivity index (χ4n) is 5.42. The van der Waals surface area contributed by atoms with Gasteiger partial charge in [0.1, 0.15) is 5.54 Å². The molecule has 1 heterocycles. The van der Waals surface area contributed by atoms with Gasteiger partial charge < -0.3 is 15.5 Å². The Bertz CT molecular complexity index is 969. The van der Waals surface area contributed by atoms with Gasteiger partial charge in [-0.1, -0.05) is 48.4 Å². The van der Waals surface area contributed by atoms with Crippen LogP contribution in [0.2, 0.25) is 5.02 Å². The lowest BCUT2D eigenvalue weighted by Crippen LogP contribution is -2.55. The first kappa shape index (κ1) is 22.1. The molecule has 4 rings (SSSR count). The Labute approximate surface area is 189 Å². The maximum Gasteiger partial charge on any atom is 0.329 e. The van der Waals surface area contributed by atoms with Crippen LogP contribution in [0.1, 0.15) is 49.3 Å². The average Bonchev–Trinajstić information content (AvgIpc) is 3.01. The molecule has 0 bridgehead atoms. The van der Waals surface area contributed by atoms with Gasteiger partial charge in [0.2, 0.25) is 0 Å². The number of anilines is 1. The summed E-state index contributed by atoms with van der Waals surface area (Å²) in [6.45, 7) is 5.97. The van der Waals surface area contributed by atoms with E-state index in [0.717, 1.165) is 31.6 Å². The number of carboxylic acids is 1. The topological polar surface area (TPSA) is 72.8 Å². The van der Waals surface area contributed by atoms with E-state index in [4.69, 9.17) is 11.6 Å². The molecule has 0 radical (unpaired) electrons. The predicted octanol–water partition coefficient (Wildman–Crippen LogP) is 4.80. The number of rotatable bonds is 6. The van der Waals surface area contributed by atoms with Gasteiger partial charge >= 0.3 is 5.97 Å². The van der Waals surface area contributed by atoms with Crippen molar-refractivity contribution in [3.05, 3.63) is 64.2 Å². The Kier molecular flexibility index (Phi) is 6.03. The molecule has 2 aromatic carbocycles. The van der Waals surface area contributed by atoms with Crippen LogP contribution in [0.4, 0.5) is 5.69 Å². The highest BCUT2D eigenvalue weighted by Crippen LogP contribution is 2.52. The van der Waals surface area contributed by atoms with Crippen molar-refractivity contribution in [2.24, 2.45) is 5.92 Å². The summed E-state index contributed by atoms with van der Waals surface area (Å²) in [7, 11) is 0. The van der Waals surface area contributed by atoms with Crippen LogP contribution in [-0.2, 0) is 16.9 Å². The summed E-state index contributed by atoms with van der Waals surface area (Å²) in [5.74, 6) is -0.650. The molecule has 1 spiro atoms. The molecule has 166 valence electrons. The SMILES string of the molecule is Cc1ccc2c(c1)CN(C[C@@H](C)CO)C21CCC(Nc2cccc(Cl)c2)(C(=O)O)CC1. The number of aliphatic hydroxyl groups is 1. The number of hydrogen-bond donors (Lipinski definition) is 3. The minimum Gasteiger partial charge on any atom is -0.480 e. The van der Waals surface area contributed by atoms with Crippen molar-refractivity contribution in [1.29, 1.82) is 0 Å². The summed E-state index contributed by atoms with van der Waals surface area (Å²) < 4.78 is 0. The van der Waals surface area contributed by atoms with Crippen molar-refractivity contribution in [3.63, 3.8) is 0 Å². The fourth-order valence-corrected chi connectivity index (χ4v) is 5.61. The molecule has 0 unspecified atom stereocenters. The number of aryl methyl sites for hydroxylation is 1. The number of nitrogens with one attached hydrogen (secondary N) is 1. The second-order valence-electron chi connectivity index (χ2n) is 9.38. The largest absolute Gasteiger partial charge is 0.480 e. The van der Waals surface area contributed by atoms with Gasteiger partial charge in [0.25, 0.3) is 0 Å². The van der Waals surface area contributed by atoms with E-state index in [0.29, 0.717) is 17.9 Å². The fraction of sp³-hybridized carbons (Fsp3) is 0.480. The number of nitrogens with zero attached hydrogens (tertiary/aromatic N) is 1. The number of aliphatic hydroxyl groups excluding tert-OH is 1. The van der Waals surface area contributed by atoms with Gasteiger partial charge in [0, 0.05) is 35.9 Å². The van der Waals surface area contributed by atoms with E-state index in [1.165, 1.54) is 16.7 Å². The summed E-state index contributed by atoms with van der Waals surface area (Å²) in [4.78, 5) is 14.9. The third-order valence-corrected chi connectivity index (χ3v) is 7.36. The lowest BCUT2D eigenvalue weighted by Gasteiger charge is -2.48. The Hall–Kier alpha value is -2.08. The van der Waals surface area contributed by atoms with Gasteiger partial charge in [0.05, 0.1) is 0 Å². The van der Waals surface area contributed by atoms with Crippen LogP contribution >= 0.6 is 11.6 Å². The van der Waals surface area contributed by atoms with Crippen LogP contribution in [0.5, 0.6) is 0 Å². The van der Waals surface area contributed by atoms with E-state index >= 15 is 0 Å². The van der Waals surface area contributed by atoms with Crippen LogP contribution in [0, 0.1) is 12.8 Å². The van der Waals surface area contributed by atoms with Crippen molar-refractivity contribution in [2.45, 2.75) is 57.2 Å². The highest BCUT2D eigenvalue weighted by molar-refractivity contribution is 6.30. The number of fused-ring (bicyclic) bond motifs is 2. The summed E-state index contributed by atoms with van der Waals surface area (Å²) in [5, 5.41) is 23.7. The number of carbonyl (C=O) groups is 1. The van der Waals surface area contributed by atoms with Crippen molar-refractivity contribution in [3.8, 4) is 0 Å². The number of carboxylic acid groups (broad SMARTS) is 1. The van der Waals surface area contributed by atoms with Gasteiger partial charge in [-0.05, 0) is 67.9 Å². The molecule has 2 aliphatic rings. The number of halogens is 1. The third-order valence-electron chi connectivity index (χ3n) is 7.12. The lowest BCUT2D eigenvalue weighted by molar-refractivity contribution is -0.145. The molecule has 2 aromatic rings. The Morgan fingerprint density at radius 3 is 2.58 bits per heavy atom. The zero-order chi connectivity index (χ0) is 22.2. The van der Waals surface area contributed by atoms with Crippen molar-refractivity contribution >= 4 is 23.3 Å². The van der Waals surface area contributed by atoms with Gasteiger partial charge in [-0.3, -0.25) is 4.90 Å². The highest BCUT2D eigenvalue weighted by atomic mass is 35.5. The molecule has 0 amide bonds. The normalized spacial score (nSPS) is 26.6. The number of aliphatic carboxylic acids is 1. The zero-order valence-electron chi connectivity index (χ0n) is 18.2. The minimum absolute atomic E-state index is 0.150. The highest BCUT2D eigenvalue weighted by Gasteiger charge is 2.53. The summed E-state index contributed by atoms with van der Waals surface area (Å²) in [6.07, 6.45) is 2.54. The lowest BCUT2D eigenvalue weighted by atomic mass is 9.69. The molecule has 31 heavy (non-hydrogen) atoms. The van der Waals surface area contributed by atoms with Gasteiger partial charge in [-0.2, -0.15) is 0 Å². The van der Waals surface area contributed by atoms with E-state index in [9.17, 15) is 15.0 Å². The molecule has 1 fully saturated rings. The standard InChI is InChI=1S/C25H31ClN2O3/c1-17-6-7-22-19(12-17)15-28(14-18(2)16-29)25(22)10-8-24(9-11-25,23(30)31)27-21-5-3-4-20(26)13-21/h3-7,12-13,18,27,29H,8-11,14-16H2,1-2H3,(H,30,31)/t18-,24?,25?/m1/s1. The van der Waals surface area contributed by atoms with Crippen LogP contribution in [0.3, 0.4) is 0 Å². The maximum absolute atomic E-state index is 12.4. The molecule has 1 saturated carbocycles. The minimum atomic E-state index is -1.02. The van der Waals surface area contributed by atoms with E-state index in [1.807, 2.05) is 12.1 Å². The van der Waals surface area contributed by atoms with Gasteiger partial charge in [-0.15, -0.1) is 0 Å². The first-order valence-corrected chi connectivity index (χ1v) is 11.4. The smallest absolute Gasteiger partial charge is 0.329 e. The van der Waals surface area contributed by atoms with Crippen molar-refractivity contribution < 1.29 is 15.0 Å². The Morgan fingerprint density at radius 2 is 1.94 bits per heavy atom. The average molecular weight is 443 g/mol. The van der Waals surface area contributed by atoms with Crippen LogP contribution in [0.15, 0.2) is 42.5 Å². The van der Waals surface area contributed by atoms with Crippen molar-refractivity contribution in [1.82, 2.24) is 4.90 Å². The molecule has 6 heteroatoms. The molecule has 1 aliphatic heterocycles. The van der Waals surface area contributed by atoms with Crippen LogP contribution in [0.25, 0.3) is 0 Å². The van der Waals surface area contributed by atoms with Crippen LogP contribution < -0.4 is 5.32 Å². The summed E-state index contributed by atoms with van der Waals surface area (Å²) >= 11 is 6.12. The first-order valence-electron chi connectivity index (χ1n) is 11.0. The molecule has 0 aromatic heterocycles. The molecular formula is C25H31ClN2O3. The molecule has 3 N–H and O–H groups in total. The Morgan fingerprint density at radius 1 is 1.19 bits per heavy atom. The molecule has 1 aliphatic carbocycles. The van der Waals surface area contributed by atoms with E-state index in [2.05, 4.69) is 42.3 Å². The van der Waals surface area contributed by atoms with Crippen LogP contribution in [-0.4, -0.2) is 39.8 Å². The molecule has 1 atom stereocenters. The number of benzene rings is 2. The Balaban J connectivity index is 1.64. The predicted molar refractivity (Wildman–Crippen MR) is 123 cm³/mol. The van der Waals surface area contributed by atoms with E-state index in [1.54, 1.807) is 12.1 Å². The maximum atomic E-state index is 12.4. The van der Waals surface area contributed by atoms with Gasteiger partial charge in [0.15, 0.2) is 0 Å². The molecular weight excluding hydrogens is 412 g/mol. The number of hydrogen-bond acceptors (Lipinski definition) is 4. The molecule has 0 saturated heterocycles. The monoisotopic (exact) mass is 442 g/mol. The van der Waals surface area contributed by atoms with E-state index < -0.39 is 11.5 Å². The molecule has 5 nitrogen and oxygen atoms in total. The zero-order valence-corrected chi connectivity index (χ0v) is 19.0. The summed E-state index contributed by atoms with van der Waals surface area (Å²) in [5.41, 5.74) is 3.43. The first-order chi connectivity index (χ1) is 14.8. The second kappa shape index (κ2) is 8.45. The quantitative estimate of drug-likeness (QED) is 0.599. The summed E-state index contributed by atoms with van der Waals surface area (Å²) in [6, 6.07) is 13.9.